The Labute approximate surface area is 226 Å². The molecule has 0 aromatic heterocycles. The van der Waals surface area contributed by atoms with E-state index in [1.807, 2.05) is 12.2 Å². The molecule has 0 bridgehead atoms. The average Bonchev–Trinajstić information content (AvgIpc) is 3.19. The minimum Gasteiger partial charge on any atom is -0.320 e. The number of nitrogens with zero attached hydrogens (tertiary/aromatic N) is 1. The minimum absolute atomic E-state index is 0. The summed E-state index contributed by atoms with van der Waals surface area (Å²) in [5.41, 5.74) is 6.63. The molecule has 170 valence electrons. The summed E-state index contributed by atoms with van der Waals surface area (Å²) < 4.78 is 0. The third kappa shape index (κ3) is 7.91. The molecule has 4 rings (SSSR count). The molecule has 1 aliphatic heterocycles. The Morgan fingerprint density at radius 3 is 1.97 bits per heavy atom. The molecule has 0 amide bonds. The van der Waals surface area contributed by atoms with E-state index in [-0.39, 0.29) is 61.8 Å². The van der Waals surface area contributed by atoms with Crippen LogP contribution in [0, 0.1) is 16.9 Å². The van der Waals surface area contributed by atoms with E-state index in [0.29, 0.717) is 0 Å². The maximum atomic E-state index is 3.10. The number of rotatable bonds is 1. The molecular weight excluding hydrogens is 512 g/mol. The fourth-order valence-corrected chi connectivity index (χ4v) is 3.40. The van der Waals surface area contributed by atoms with Gasteiger partial charge in [0.2, 0.25) is 0 Å². The minimum atomic E-state index is 0. The van der Waals surface area contributed by atoms with Gasteiger partial charge in [0, 0.05) is 49.2 Å². The van der Waals surface area contributed by atoms with Gasteiger partial charge in [-0.3, -0.25) is 0 Å². The number of fused-ring (bicyclic) bond motifs is 1. The van der Waals surface area contributed by atoms with Crippen molar-refractivity contribution in [2.75, 3.05) is 4.90 Å². The van der Waals surface area contributed by atoms with Gasteiger partial charge in [0.1, 0.15) is 0 Å². The molecule has 3 aliphatic rings. The first-order chi connectivity index (χ1) is 13.7. The Morgan fingerprint density at radius 2 is 1.41 bits per heavy atom. The van der Waals surface area contributed by atoms with Crippen LogP contribution < -0.4 is 4.90 Å². The molecule has 0 spiro atoms. The molecule has 1 aromatic carbocycles. The van der Waals surface area contributed by atoms with Crippen LogP contribution >= 0.6 is 24.8 Å². The van der Waals surface area contributed by atoms with Crippen LogP contribution in [0.2, 0.25) is 0 Å². The maximum absolute atomic E-state index is 3.10. The summed E-state index contributed by atoms with van der Waals surface area (Å²) >= 11 is 0. The summed E-state index contributed by atoms with van der Waals surface area (Å²) in [6.07, 6.45) is 22.3. The van der Waals surface area contributed by atoms with Gasteiger partial charge < -0.3 is 4.90 Å². The zero-order valence-electron chi connectivity index (χ0n) is 19.8. The quantitative estimate of drug-likeness (QED) is 0.319. The van der Waals surface area contributed by atoms with Gasteiger partial charge in [-0.1, -0.05) is 65.8 Å². The van der Waals surface area contributed by atoms with Crippen LogP contribution in [0.5, 0.6) is 0 Å². The van der Waals surface area contributed by atoms with E-state index in [1.165, 1.54) is 28.1 Å². The molecule has 1 aromatic rings. The molecule has 0 saturated heterocycles. The zero-order chi connectivity index (χ0) is 21.1. The second-order valence-corrected chi connectivity index (χ2v) is 9.57. The molecule has 0 atom stereocenters. The summed E-state index contributed by atoms with van der Waals surface area (Å²) in [6, 6.07) is 10.6. The Balaban J connectivity index is 0.000000736. The Bertz CT molecular complexity index is 937. The number of hydrogen-bond acceptors (Lipinski definition) is 1. The number of para-hydroxylation sites is 1. The van der Waals surface area contributed by atoms with Crippen molar-refractivity contribution in [3.05, 3.63) is 114 Å². The molecule has 0 fully saturated rings. The third-order valence-electron chi connectivity index (χ3n) is 5.10. The van der Waals surface area contributed by atoms with Crippen LogP contribution in [0.4, 0.5) is 5.69 Å². The van der Waals surface area contributed by atoms with Crippen LogP contribution in [-0.2, 0) is 26.2 Å². The van der Waals surface area contributed by atoms with Gasteiger partial charge in [0.15, 0.2) is 0 Å². The monoisotopic (exact) mass is 544 g/mol. The number of anilines is 1. The Kier molecular flexibility index (Phi) is 12.2. The standard InChI is InChI=1S/C20H27N.C8H5.2ClH.Zr/c1-19(2,3)16-12-13-18(20(4,5)6)21(15-14-16)17-10-8-7-9-11-17;1-3-7-5-2-6-8(7)4-1;;;/h7-15H,1-6H3;1-5H;2*1H;/q;-1;;;. The molecule has 0 radical (unpaired) electrons. The molecule has 1 heterocycles. The summed E-state index contributed by atoms with van der Waals surface area (Å²) in [6.45, 7) is 13.6. The van der Waals surface area contributed by atoms with Gasteiger partial charge in [0.25, 0.3) is 0 Å². The van der Waals surface area contributed by atoms with Gasteiger partial charge >= 0.3 is 0 Å². The first-order valence-electron chi connectivity index (χ1n) is 10.3. The molecule has 32 heavy (non-hydrogen) atoms. The number of allylic oxidation sites excluding steroid dienone is 13. The van der Waals surface area contributed by atoms with Crippen LogP contribution in [0.15, 0.2) is 108 Å². The molecule has 0 N–H and O–H groups in total. The fraction of sp³-hybridized carbons (Fsp3) is 0.286. The Morgan fingerprint density at radius 1 is 0.750 bits per heavy atom. The fourth-order valence-electron chi connectivity index (χ4n) is 3.40. The van der Waals surface area contributed by atoms with Gasteiger partial charge in [0.05, 0.1) is 0 Å². The summed E-state index contributed by atoms with van der Waals surface area (Å²) in [5.74, 6) is 0. The van der Waals surface area contributed by atoms with Crippen molar-refractivity contribution in [3.8, 4) is 0 Å². The van der Waals surface area contributed by atoms with Crippen molar-refractivity contribution in [3.63, 3.8) is 0 Å². The van der Waals surface area contributed by atoms with Crippen LogP contribution in [0.3, 0.4) is 0 Å². The van der Waals surface area contributed by atoms with Crippen LogP contribution in [-0.4, -0.2) is 0 Å². The van der Waals surface area contributed by atoms with Crippen molar-refractivity contribution >= 4 is 30.5 Å². The predicted molar refractivity (Wildman–Crippen MR) is 141 cm³/mol. The molecule has 1 nitrogen and oxygen atoms in total. The second-order valence-electron chi connectivity index (χ2n) is 9.57. The van der Waals surface area contributed by atoms with Gasteiger partial charge in [-0.05, 0) is 35.3 Å². The van der Waals surface area contributed by atoms with Crippen LogP contribution in [0.25, 0.3) is 0 Å². The van der Waals surface area contributed by atoms with E-state index in [4.69, 9.17) is 0 Å². The first-order valence-corrected chi connectivity index (χ1v) is 10.3. The smallest absolute Gasteiger partial charge is 0.0452 e. The number of benzene rings is 1. The topological polar surface area (TPSA) is 3.24 Å². The van der Waals surface area contributed by atoms with E-state index >= 15 is 0 Å². The largest absolute Gasteiger partial charge is 0.320 e. The zero-order valence-corrected chi connectivity index (χ0v) is 23.9. The van der Waals surface area contributed by atoms with Crippen molar-refractivity contribution < 1.29 is 26.2 Å². The van der Waals surface area contributed by atoms with E-state index in [1.54, 1.807) is 0 Å². The Hall–Kier alpha value is -1.34. The van der Waals surface area contributed by atoms with E-state index < -0.39 is 0 Å². The summed E-state index contributed by atoms with van der Waals surface area (Å²) in [5, 5.41) is 0. The maximum Gasteiger partial charge on any atom is 0.0452 e. The van der Waals surface area contributed by atoms with Crippen LogP contribution in [0.1, 0.15) is 41.5 Å². The van der Waals surface area contributed by atoms with Gasteiger partial charge in [-0.2, -0.15) is 17.7 Å². The predicted octanol–water partition coefficient (Wildman–Crippen LogP) is 8.55. The van der Waals surface area contributed by atoms with E-state index in [2.05, 4.69) is 126 Å². The van der Waals surface area contributed by atoms with Gasteiger partial charge in [-0.25, -0.2) is 0 Å². The average molecular weight is 547 g/mol. The van der Waals surface area contributed by atoms with Crippen molar-refractivity contribution in [1.82, 2.24) is 0 Å². The normalized spacial score (nSPS) is 16.0. The van der Waals surface area contributed by atoms with E-state index in [0.717, 1.165) is 0 Å². The molecule has 0 saturated carbocycles. The van der Waals surface area contributed by atoms with Crippen molar-refractivity contribution in [2.45, 2.75) is 41.5 Å². The molecule has 2 aliphatic carbocycles. The molecule has 4 heteroatoms. The molecular formula is C28H34Cl2NZr-. The number of halogens is 2. The molecule has 0 unspecified atom stereocenters. The third-order valence-corrected chi connectivity index (χ3v) is 5.10. The first kappa shape index (κ1) is 30.7. The van der Waals surface area contributed by atoms with Crippen molar-refractivity contribution in [2.24, 2.45) is 10.8 Å². The SMILES string of the molecule is CC(C)(C)C1=CC=C(C(C)(C)C)N(c2ccccc2)C=C1.Cl.Cl.[C-]1=CC=C2C=CC=C12.[Zr]. The summed E-state index contributed by atoms with van der Waals surface area (Å²) in [4.78, 5) is 2.30. The second kappa shape index (κ2) is 12.8. The van der Waals surface area contributed by atoms with Gasteiger partial charge in [-0.15, -0.1) is 54.7 Å². The van der Waals surface area contributed by atoms with Crippen molar-refractivity contribution in [1.29, 1.82) is 0 Å². The van der Waals surface area contributed by atoms with E-state index in [9.17, 15) is 0 Å². The number of hydrogen-bond donors (Lipinski definition) is 0. The summed E-state index contributed by atoms with van der Waals surface area (Å²) in [7, 11) is 0.